The summed E-state index contributed by atoms with van der Waals surface area (Å²) in [6.07, 6.45) is 1.39. The molecule has 78 valence electrons. The summed E-state index contributed by atoms with van der Waals surface area (Å²) in [5.74, 6) is 0. The van der Waals surface area contributed by atoms with Crippen LogP contribution in [0.25, 0.3) is 10.8 Å². The van der Waals surface area contributed by atoms with Crippen LogP contribution in [0, 0.1) is 0 Å². The number of pyridine rings is 1. The SMILES string of the molecule is F[B-](F)(F)c1ccc2c(Cl)nccc2c1. The van der Waals surface area contributed by atoms with Crippen molar-refractivity contribution in [3.63, 3.8) is 0 Å². The van der Waals surface area contributed by atoms with Crippen LogP contribution < -0.4 is 5.46 Å². The summed E-state index contributed by atoms with van der Waals surface area (Å²) in [5.41, 5.74) is -0.621. The molecule has 0 radical (unpaired) electrons. The van der Waals surface area contributed by atoms with Crippen molar-refractivity contribution < 1.29 is 12.9 Å². The summed E-state index contributed by atoms with van der Waals surface area (Å²) in [5, 5.41) is 1.20. The lowest BCUT2D eigenvalue weighted by Crippen LogP contribution is -2.33. The Morgan fingerprint density at radius 3 is 2.53 bits per heavy atom. The van der Waals surface area contributed by atoms with E-state index in [0.717, 1.165) is 12.1 Å². The van der Waals surface area contributed by atoms with Gasteiger partial charge in [-0.15, -0.1) is 5.46 Å². The number of hydrogen-bond acceptors (Lipinski definition) is 1. The monoisotopic (exact) mass is 230 g/mol. The third-order valence-electron chi connectivity index (χ3n) is 2.12. The topological polar surface area (TPSA) is 12.9 Å². The van der Waals surface area contributed by atoms with Crippen LogP contribution in [0.2, 0.25) is 5.15 Å². The van der Waals surface area contributed by atoms with Crippen molar-refractivity contribution in [1.29, 1.82) is 0 Å². The highest BCUT2D eigenvalue weighted by molar-refractivity contribution is 6.73. The van der Waals surface area contributed by atoms with Gasteiger partial charge < -0.3 is 12.9 Å². The normalized spacial score (nSPS) is 12.0. The fourth-order valence-corrected chi connectivity index (χ4v) is 1.59. The molecule has 0 saturated carbocycles. The summed E-state index contributed by atoms with van der Waals surface area (Å²) in [6.45, 7) is -4.96. The molecule has 0 aliphatic carbocycles. The van der Waals surface area contributed by atoms with E-state index in [-0.39, 0.29) is 5.15 Å². The minimum absolute atomic E-state index is 0.216. The molecular weight excluding hydrogens is 225 g/mol. The molecule has 15 heavy (non-hydrogen) atoms. The summed E-state index contributed by atoms with van der Waals surface area (Å²) in [4.78, 5) is 3.79. The number of benzene rings is 1. The van der Waals surface area contributed by atoms with Crippen molar-refractivity contribution in [3.05, 3.63) is 35.6 Å². The number of hydrogen-bond donors (Lipinski definition) is 0. The molecule has 2 aromatic rings. The smallest absolute Gasteiger partial charge is 0.445 e. The molecule has 0 amide bonds. The number of aromatic nitrogens is 1. The first-order valence-corrected chi connectivity index (χ1v) is 4.60. The minimum atomic E-state index is -4.96. The molecule has 0 fully saturated rings. The van der Waals surface area contributed by atoms with Crippen LogP contribution in [0.1, 0.15) is 0 Å². The summed E-state index contributed by atoms with van der Waals surface area (Å²) in [7, 11) is 0. The van der Waals surface area contributed by atoms with Gasteiger partial charge in [0.15, 0.2) is 0 Å². The highest BCUT2D eigenvalue weighted by Crippen LogP contribution is 2.21. The first kappa shape index (κ1) is 10.3. The van der Waals surface area contributed by atoms with Gasteiger partial charge in [0.2, 0.25) is 0 Å². The van der Waals surface area contributed by atoms with Crippen LogP contribution in [0.3, 0.4) is 0 Å². The summed E-state index contributed by atoms with van der Waals surface area (Å²) < 4.78 is 37.3. The molecule has 6 heteroatoms. The van der Waals surface area contributed by atoms with Gasteiger partial charge >= 0.3 is 6.98 Å². The van der Waals surface area contributed by atoms with Gasteiger partial charge in [-0.2, -0.15) is 0 Å². The standard InChI is InChI=1S/C9H5BClF3N/c11-9-8-2-1-7(10(12,13)14)5-6(8)3-4-15-9/h1-5H/q-1. The molecule has 0 N–H and O–H groups in total. The van der Waals surface area contributed by atoms with E-state index in [0.29, 0.717) is 10.8 Å². The van der Waals surface area contributed by atoms with Gasteiger partial charge in [0.25, 0.3) is 0 Å². The Balaban J connectivity index is 2.68. The third-order valence-corrected chi connectivity index (χ3v) is 2.42. The van der Waals surface area contributed by atoms with Crippen LogP contribution in [0.5, 0.6) is 0 Å². The van der Waals surface area contributed by atoms with Crippen molar-refractivity contribution in [1.82, 2.24) is 4.98 Å². The van der Waals surface area contributed by atoms with E-state index in [1.54, 1.807) is 0 Å². The van der Waals surface area contributed by atoms with Crippen LogP contribution in [0.4, 0.5) is 12.9 Å². The summed E-state index contributed by atoms with van der Waals surface area (Å²) >= 11 is 5.74. The van der Waals surface area contributed by atoms with Gasteiger partial charge in [-0.25, -0.2) is 4.98 Å². The fraction of sp³-hybridized carbons (Fsp3) is 0. The van der Waals surface area contributed by atoms with E-state index in [9.17, 15) is 12.9 Å². The molecule has 0 atom stereocenters. The zero-order valence-corrected chi connectivity index (χ0v) is 8.18. The van der Waals surface area contributed by atoms with E-state index in [1.165, 1.54) is 18.3 Å². The first-order valence-electron chi connectivity index (χ1n) is 4.22. The maximum absolute atomic E-state index is 12.4. The van der Waals surface area contributed by atoms with Gasteiger partial charge in [0, 0.05) is 11.6 Å². The quantitative estimate of drug-likeness (QED) is 0.542. The lowest BCUT2D eigenvalue weighted by atomic mass is 9.79. The predicted octanol–water partition coefficient (Wildman–Crippen LogP) is 2.94. The van der Waals surface area contributed by atoms with Gasteiger partial charge in [-0.1, -0.05) is 29.8 Å². The number of rotatable bonds is 1. The maximum atomic E-state index is 12.4. The van der Waals surface area contributed by atoms with E-state index >= 15 is 0 Å². The molecule has 0 aliphatic heterocycles. The molecule has 1 aromatic carbocycles. The Bertz CT molecular complexity index is 512. The van der Waals surface area contributed by atoms with Gasteiger partial charge in [-0.3, -0.25) is 0 Å². The summed E-state index contributed by atoms with van der Waals surface area (Å²) in [6, 6.07) is 4.96. The predicted molar refractivity (Wildman–Crippen MR) is 55.5 cm³/mol. The second-order valence-electron chi connectivity index (χ2n) is 3.16. The molecule has 0 bridgehead atoms. The molecule has 1 aromatic heterocycles. The van der Waals surface area contributed by atoms with E-state index in [4.69, 9.17) is 11.6 Å². The number of fused-ring (bicyclic) bond motifs is 1. The number of nitrogens with zero attached hydrogens (tertiary/aromatic N) is 1. The van der Waals surface area contributed by atoms with Crippen molar-refractivity contribution in [3.8, 4) is 0 Å². The van der Waals surface area contributed by atoms with Crippen molar-refractivity contribution in [2.24, 2.45) is 0 Å². The average Bonchev–Trinajstić information content (AvgIpc) is 2.16. The van der Waals surface area contributed by atoms with E-state index in [2.05, 4.69) is 4.98 Å². The molecule has 0 unspecified atom stereocenters. The number of halogens is 4. The Hall–Kier alpha value is -1.23. The lowest BCUT2D eigenvalue weighted by Gasteiger charge is -2.15. The van der Waals surface area contributed by atoms with Gasteiger partial charge in [0.1, 0.15) is 5.15 Å². The Morgan fingerprint density at radius 1 is 1.13 bits per heavy atom. The lowest BCUT2D eigenvalue weighted by molar-refractivity contribution is 0.501. The van der Waals surface area contributed by atoms with Gasteiger partial charge in [-0.05, 0) is 11.5 Å². The molecule has 0 saturated heterocycles. The van der Waals surface area contributed by atoms with Crippen LogP contribution in [0.15, 0.2) is 30.5 Å². The van der Waals surface area contributed by atoms with Gasteiger partial charge in [0.05, 0.1) is 0 Å². The van der Waals surface area contributed by atoms with E-state index in [1.807, 2.05) is 0 Å². The highest BCUT2D eigenvalue weighted by Gasteiger charge is 2.25. The molecule has 0 aliphatic rings. The van der Waals surface area contributed by atoms with Crippen LogP contribution in [-0.2, 0) is 0 Å². The Kier molecular flexibility index (Phi) is 2.34. The Labute approximate surface area is 88.9 Å². The molecule has 1 heterocycles. The third kappa shape index (κ3) is 1.92. The van der Waals surface area contributed by atoms with Crippen molar-refractivity contribution >= 4 is 34.8 Å². The molecule has 2 rings (SSSR count). The molecular formula is C9H5BClF3N-. The highest BCUT2D eigenvalue weighted by atomic mass is 35.5. The van der Waals surface area contributed by atoms with Crippen LogP contribution in [-0.4, -0.2) is 12.0 Å². The van der Waals surface area contributed by atoms with Crippen molar-refractivity contribution in [2.75, 3.05) is 0 Å². The zero-order valence-electron chi connectivity index (χ0n) is 7.42. The minimum Gasteiger partial charge on any atom is -0.445 e. The fourth-order valence-electron chi connectivity index (χ4n) is 1.36. The largest absolute Gasteiger partial charge is 0.509 e. The van der Waals surface area contributed by atoms with Crippen molar-refractivity contribution in [2.45, 2.75) is 0 Å². The zero-order chi connectivity index (χ0) is 11.1. The Morgan fingerprint density at radius 2 is 1.87 bits per heavy atom. The second-order valence-corrected chi connectivity index (χ2v) is 3.52. The molecule has 0 spiro atoms. The van der Waals surface area contributed by atoms with E-state index < -0.39 is 12.4 Å². The first-order chi connectivity index (χ1) is 6.98. The average molecular weight is 230 g/mol. The second kappa shape index (κ2) is 3.41. The molecule has 1 nitrogen and oxygen atoms in total. The van der Waals surface area contributed by atoms with Crippen LogP contribution >= 0.6 is 11.6 Å². The maximum Gasteiger partial charge on any atom is 0.509 e.